The molecule has 0 aromatic carbocycles. The van der Waals surface area contributed by atoms with Crippen LogP contribution in [0.15, 0.2) is 0 Å². The van der Waals surface area contributed by atoms with E-state index >= 15 is 0 Å². The van der Waals surface area contributed by atoms with Gasteiger partial charge in [-0.25, -0.2) is 4.79 Å². The van der Waals surface area contributed by atoms with Crippen LogP contribution in [0.1, 0.15) is 0 Å². The number of halogens is 3. The molecule has 0 aromatic heterocycles. The Bertz CT molecular complexity index is 207. The summed E-state index contributed by atoms with van der Waals surface area (Å²) >= 11 is 0. The summed E-state index contributed by atoms with van der Waals surface area (Å²) in [6.07, 6.45) is -5.69. The SMILES string of the molecule is O=C(O)N1CCN[C@@H](C(F)(F)F)C1. The zero-order chi connectivity index (χ0) is 10.1. The van der Waals surface area contributed by atoms with Crippen molar-refractivity contribution in [2.24, 2.45) is 0 Å². The van der Waals surface area contributed by atoms with E-state index in [4.69, 9.17) is 5.11 Å². The third kappa shape index (κ3) is 2.48. The largest absolute Gasteiger partial charge is 0.465 e. The molecule has 0 aromatic rings. The van der Waals surface area contributed by atoms with Crippen LogP contribution in [0, 0.1) is 0 Å². The molecule has 4 nitrogen and oxygen atoms in total. The monoisotopic (exact) mass is 198 g/mol. The van der Waals surface area contributed by atoms with E-state index in [2.05, 4.69) is 5.32 Å². The summed E-state index contributed by atoms with van der Waals surface area (Å²) in [6, 6.07) is -1.74. The van der Waals surface area contributed by atoms with Gasteiger partial charge in [-0.1, -0.05) is 0 Å². The topological polar surface area (TPSA) is 52.6 Å². The predicted molar refractivity (Wildman–Crippen MR) is 37.4 cm³/mol. The lowest BCUT2D eigenvalue weighted by molar-refractivity contribution is -0.162. The van der Waals surface area contributed by atoms with Gasteiger partial charge in [-0.3, -0.25) is 0 Å². The summed E-state index contributed by atoms with van der Waals surface area (Å²) in [5.41, 5.74) is 0. The van der Waals surface area contributed by atoms with E-state index in [0.29, 0.717) is 0 Å². The molecular formula is C6H9F3N2O2. The van der Waals surface area contributed by atoms with Crippen molar-refractivity contribution in [3.05, 3.63) is 0 Å². The van der Waals surface area contributed by atoms with Crippen LogP contribution in [-0.4, -0.2) is 48.0 Å². The minimum absolute atomic E-state index is 0.0382. The van der Waals surface area contributed by atoms with Crippen molar-refractivity contribution in [3.63, 3.8) is 0 Å². The maximum absolute atomic E-state index is 12.1. The van der Waals surface area contributed by atoms with Crippen LogP contribution in [0.2, 0.25) is 0 Å². The summed E-state index contributed by atoms with van der Waals surface area (Å²) in [6.45, 7) is -0.392. The Balaban J connectivity index is 2.57. The molecular weight excluding hydrogens is 189 g/mol. The molecule has 1 saturated heterocycles. The molecule has 0 bridgehead atoms. The van der Waals surface area contributed by atoms with Gasteiger partial charge in [-0.15, -0.1) is 0 Å². The van der Waals surface area contributed by atoms with E-state index in [1.165, 1.54) is 0 Å². The van der Waals surface area contributed by atoms with Gasteiger partial charge in [-0.2, -0.15) is 13.2 Å². The fraction of sp³-hybridized carbons (Fsp3) is 0.833. The molecule has 1 fully saturated rings. The minimum Gasteiger partial charge on any atom is -0.465 e. The van der Waals surface area contributed by atoms with Gasteiger partial charge in [0.15, 0.2) is 0 Å². The van der Waals surface area contributed by atoms with Gasteiger partial charge >= 0.3 is 12.3 Å². The van der Waals surface area contributed by atoms with E-state index in [1.807, 2.05) is 0 Å². The highest BCUT2D eigenvalue weighted by molar-refractivity contribution is 5.65. The maximum atomic E-state index is 12.1. The minimum atomic E-state index is -4.38. The molecule has 2 N–H and O–H groups in total. The number of carbonyl (C=O) groups is 1. The first-order valence-electron chi connectivity index (χ1n) is 3.69. The molecule has 1 aliphatic rings. The van der Waals surface area contributed by atoms with Crippen LogP contribution >= 0.6 is 0 Å². The van der Waals surface area contributed by atoms with Crippen molar-refractivity contribution in [2.75, 3.05) is 19.6 Å². The second-order valence-corrected chi connectivity index (χ2v) is 2.78. The lowest BCUT2D eigenvalue weighted by Gasteiger charge is -2.32. The molecule has 1 rings (SSSR count). The first-order valence-corrected chi connectivity index (χ1v) is 3.69. The number of hydrogen-bond donors (Lipinski definition) is 2. The highest BCUT2D eigenvalue weighted by Crippen LogP contribution is 2.22. The standard InChI is InChI=1S/C6H9F3N2O2/c7-6(8,9)4-3-11(5(12)13)2-1-10-4/h4,10H,1-3H2,(H,12,13)/t4-/m1/s1. The molecule has 0 aliphatic carbocycles. The van der Waals surface area contributed by atoms with Gasteiger partial charge in [0.2, 0.25) is 0 Å². The maximum Gasteiger partial charge on any atom is 0.407 e. The number of nitrogens with one attached hydrogen (secondary N) is 1. The van der Waals surface area contributed by atoms with E-state index in [0.717, 1.165) is 4.90 Å². The van der Waals surface area contributed by atoms with Crippen LogP contribution < -0.4 is 5.32 Å². The number of nitrogens with zero attached hydrogens (tertiary/aromatic N) is 1. The molecule has 0 unspecified atom stereocenters. The molecule has 0 radical (unpaired) electrons. The first-order chi connectivity index (χ1) is 5.91. The number of rotatable bonds is 0. The summed E-state index contributed by atoms with van der Waals surface area (Å²) in [5.74, 6) is 0. The van der Waals surface area contributed by atoms with Crippen LogP contribution in [0.3, 0.4) is 0 Å². The summed E-state index contributed by atoms with van der Waals surface area (Å²) in [5, 5.41) is 10.7. The summed E-state index contributed by atoms with van der Waals surface area (Å²) in [7, 11) is 0. The highest BCUT2D eigenvalue weighted by Gasteiger charge is 2.42. The van der Waals surface area contributed by atoms with Gasteiger partial charge in [0.1, 0.15) is 6.04 Å². The van der Waals surface area contributed by atoms with Gasteiger partial charge in [0, 0.05) is 19.6 Å². The molecule has 1 amide bonds. The Labute approximate surface area is 72.3 Å². The number of carboxylic acid groups (broad SMARTS) is 1. The second-order valence-electron chi connectivity index (χ2n) is 2.78. The summed E-state index contributed by atoms with van der Waals surface area (Å²) < 4.78 is 36.3. The zero-order valence-corrected chi connectivity index (χ0v) is 6.64. The highest BCUT2D eigenvalue weighted by atomic mass is 19.4. The number of piperazine rings is 1. The van der Waals surface area contributed by atoms with E-state index < -0.39 is 24.9 Å². The third-order valence-corrected chi connectivity index (χ3v) is 1.84. The molecule has 1 atom stereocenters. The van der Waals surface area contributed by atoms with Crippen LogP contribution in [0.25, 0.3) is 0 Å². The number of hydrogen-bond acceptors (Lipinski definition) is 2. The van der Waals surface area contributed by atoms with Crippen molar-refractivity contribution < 1.29 is 23.1 Å². The molecule has 7 heteroatoms. The van der Waals surface area contributed by atoms with Crippen molar-refractivity contribution in [1.82, 2.24) is 10.2 Å². The average molecular weight is 198 g/mol. The molecule has 1 aliphatic heterocycles. The van der Waals surface area contributed by atoms with Crippen molar-refractivity contribution in [3.8, 4) is 0 Å². The molecule has 13 heavy (non-hydrogen) atoms. The lowest BCUT2D eigenvalue weighted by Crippen LogP contribution is -2.58. The van der Waals surface area contributed by atoms with Crippen LogP contribution in [-0.2, 0) is 0 Å². The smallest absolute Gasteiger partial charge is 0.407 e. The van der Waals surface area contributed by atoms with E-state index in [-0.39, 0.29) is 13.1 Å². The predicted octanol–water partition coefficient (Wildman–Crippen LogP) is 0.500. The fourth-order valence-electron chi connectivity index (χ4n) is 1.14. The van der Waals surface area contributed by atoms with Gasteiger partial charge < -0.3 is 15.3 Å². The summed E-state index contributed by atoms with van der Waals surface area (Å²) in [4.78, 5) is 11.1. The van der Waals surface area contributed by atoms with Crippen LogP contribution in [0.4, 0.5) is 18.0 Å². The fourth-order valence-corrected chi connectivity index (χ4v) is 1.14. The molecule has 0 spiro atoms. The van der Waals surface area contributed by atoms with E-state index in [9.17, 15) is 18.0 Å². The Hall–Kier alpha value is -0.980. The zero-order valence-electron chi connectivity index (χ0n) is 6.64. The molecule has 0 saturated carbocycles. The number of alkyl halides is 3. The Morgan fingerprint density at radius 3 is 2.62 bits per heavy atom. The van der Waals surface area contributed by atoms with Crippen molar-refractivity contribution in [2.45, 2.75) is 12.2 Å². The molecule has 1 heterocycles. The Kier molecular flexibility index (Phi) is 2.65. The second kappa shape index (κ2) is 3.41. The van der Waals surface area contributed by atoms with Crippen molar-refractivity contribution >= 4 is 6.09 Å². The van der Waals surface area contributed by atoms with Gasteiger partial charge in [0.05, 0.1) is 0 Å². The van der Waals surface area contributed by atoms with Crippen molar-refractivity contribution in [1.29, 1.82) is 0 Å². The Morgan fingerprint density at radius 1 is 1.54 bits per heavy atom. The average Bonchev–Trinajstić information content (AvgIpc) is 2.03. The number of amides is 1. The quantitative estimate of drug-likeness (QED) is 0.596. The van der Waals surface area contributed by atoms with Gasteiger partial charge in [-0.05, 0) is 0 Å². The van der Waals surface area contributed by atoms with Crippen LogP contribution in [0.5, 0.6) is 0 Å². The van der Waals surface area contributed by atoms with E-state index in [1.54, 1.807) is 0 Å². The Morgan fingerprint density at radius 2 is 2.15 bits per heavy atom. The molecule has 76 valence electrons. The third-order valence-electron chi connectivity index (χ3n) is 1.84. The lowest BCUT2D eigenvalue weighted by atomic mass is 10.2. The first kappa shape index (κ1) is 10.1. The van der Waals surface area contributed by atoms with Gasteiger partial charge in [0.25, 0.3) is 0 Å². The normalized spacial score (nSPS) is 24.5.